The van der Waals surface area contributed by atoms with Gasteiger partial charge in [0.1, 0.15) is 6.29 Å². The van der Waals surface area contributed by atoms with Gasteiger partial charge in [-0.25, -0.2) is 0 Å². The van der Waals surface area contributed by atoms with Crippen LogP contribution in [0, 0.1) is 20.8 Å². The largest absolute Gasteiger partial charge is 0.298 e. The van der Waals surface area contributed by atoms with Gasteiger partial charge in [-0.2, -0.15) is 0 Å². The Balaban J connectivity index is 0.000000171. The van der Waals surface area contributed by atoms with Gasteiger partial charge in [-0.15, -0.1) is 0 Å². The highest BCUT2D eigenvalue weighted by Gasteiger charge is 1.85. The van der Waals surface area contributed by atoms with Crippen molar-refractivity contribution in [1.29, 1.82) is 0 Å². The summed E-state index contributed by atoms with van der Waals surface area (Å²) in [5.41, 5.74) is 4.58. The van der Waals surface area contributed by atoms with Gasteiger partial charge in [-0.1, -0.05) is 65.2 Å². The molecule has 0 radical (unpaired) electrons. The molecule has 0 heterocycles. The first-order chi connectivity index (χ1) is 8.11. The van der Waals surface area contributed by atoms with E-state index >= 15 is 0 Å². The molecule has 0 saturated carbocycles. The molecule has 0 amide bonds. The monoisotopic (exact) mass is 226 g/mol. The third kappa shape index (κ3) is 5.12. The molecule has 0 aliphatic heterocycles. The average Bonchev–Trinajstić information content (AvgIpc) is 2.35. The molecule has 88 valence electrons. The van der Waals surface area contributed by atoms with E-state index in [1.54, 1.807) is 0 Å². The Morgan fingerprint density at radius 2 is 0.941 bits per heavy atom. The third-order valence-corrected chi connectivity index (χ3v) is 2.43. The first kappa shape index (κ1) is 13.2. The van der Waals surface area contributed by atoms with Crippen molar-refractivity contribution >= 4 is 6.29 Å². The van der Waals surface area contributed by atoms with Crippen LogP contribution < -0.4 is 0 Å². The molecule has 0 bridgehead atoms. The molecule has 0 aliphatic rings. The van der Waals surface area contributed by atoms with E-state index in [9.17, 15) is 4.79 Å². The second-order valence-corrected chi connectivity index (χ2v) is 4.18. The second-order valence-electron chi connectivity index (χ2n) is 4.18. The van der Waals surface area contributed by atoms with Crippen LogP contribution in [0.1, 0.15) is 27.0 Å². The summed E-state index contributed by atoms with van der Waals surface area (Å²) in [6, 6.07) is 15.9. The summed E-state index contributed by atoms with van der Waals surface area (Å²) in [5, 5.41) is 0. The van der Waals surface area contributed by atoms with Crippen molar-refractivity contribution in [2.24, 2.45) is 0 Å². The lowest BCUT2D eigenvalue weighted by Crippen LogP contribution is -1.77. The first-order valence-electron chi connectivity index (χ1n) is 5.67. The minimum absolute atomic E-state index is 0.737. The lowest BCUT2D eigenvalue weighted by Gasteiger charge is -1.90. The SMILES string of the molecule is Cc1ccc(C)cc1.Cc1ccc(C=O)cc1. The Labute approximate surface area is 103 Å². The van der Waals surface area contributed by atoms with Gasteiger partial charge in [0.2, 0.25) is 0 Å². The zero-order chi connectivity index (χ0) is 12.7. The maximum atomic E-state index is 10.1. The van der Waals surface area contributed by atoms with E-state index in [2.05, 4.69) is 38.1 Å². The van der Waals surface area contributed by atoms with Crippen LogP contribution in [-0.4, -0.2) is 6.29 Å². The van der Waals surface area contributed by atoms with Gasteiger partial charge in [0.25, 0.3) is 0 Å². The Bertz CT molecular complexity index is 431. The molecular formula is C16H18O. The van der Waals surface area contributed by atoms with Gasteiger partial charge in [0.05, 0.1) is 0 Å². The van der Waals surface area contributed by atoms with Crippen LogP contribution in [0.15, 0.2) is 48.5 Å². The zero-order valence-electron chi connectivity index (χ0n) is 10.6. The fraction of sp³-hybridized carbons (Fsp3) is 0.188. The molecule has 0 N–H and O–H groups in total. The summed E-state index contributed by atoms with van der Waals surface area (Å²) in [7, 11) is 0. The van der Waals surface area contributed by atoms with E-state index in [1.807, 2.05) is 31.2 Å². The van der Waals surface area contributed by atoms with E-state index in [0.717, 1.165) is 11.8 Å². The molecule has 0 fully saturated rings. The Morgan fingerprint density at radius 3 is 1.24 bits per heavy atom. The molecule has 2 rings (SSSR count). The summed E-state index contributed by atoms with van der Waals surface area (Å²) in [6.07, 6.45) is 0.847. The van der Waals surface area contributed by atoms with E-state index < -0.39 is 0 Å². The van der Waals surface area contributed by atoms with Gasteiger partial charge in [-0.3, -0.25) is 4.79 Å². The Kier molecular flexibility index (Phi) is 5.15. The van der Waals surface area contributed by atoms with Crippen LogP contribution in [0.25, 0.3) is 0 Å². The lowest BCUT2D eigenvalue weighted by atomic mass is 10.2. The quantitative estimate of drug-likeness (QED) is 0.669. The van der Waals surface area contributed by atoms with Gasteiger partial charge >= 0.3 is 0 Å². The molecule has 2 aromatic carbocycles. The van der Waals surface area contributed by atoms with Crippen molar-refractivity contribution in [1.82, 2.24) is 0 Å². The van der Waals surface area contributed by atoms with Crippen LogP contribution in [0.2, 0.25) is 0 Å². The molecule has 0 aromatic heterocycles. The molecule has 1 heteroatoms. The summed E-state index contributed by atoms with van der Waals surface area (Å²) in [5.74, 6) is 0. The van der Waals surface area contributed by atoms with Crippen LogP contribution in [0.5, 0.6) is 0 Å². The highest BCUT2D eigenvalue weighted by molar-refractivity contribution is 5.74. The summed E-state index contributed by atoms with van der Waals surface area (Å²) < 4.78 is 0. The van der Waals surface area contributed by atoms with Crippen LogP contribution in [-0.2, 0) is 0 Å². The summed E-state index contributed by atoms with van der Waals surface area (Å²) in [6.45, 7) is 6.19. The van der Waals surface area contributed by atoms with Crippen molar-refractivity contribution < 1.29 is 4.79 Å². The fourth-order valence-electron chi connectivity index (χ4n) is 1.28. The van der Waals surface area contributed by atoms with E-state index in [-0.39, 0.29) is 0 Å². The number of benzene rings is 2. The molecule has 0 aliphatic carbocycles. The zero-order valence-corrected chi connectivity index (χ0v) is 10.6. The van der Waals surface area contributed by atoms with Crippen molar-refractivity contribution in [3.63, 3.8) is 0 Å². The highest BCUT2D eigenvalue weighted by atomic mass is 16.1. The molecule has 0 unspecified atom stereocenters. The van der Waals surface area contributed by atoms with E-state index in [1.165, 1.54) is 16.7 Å². The third-order valence-electron chi connectivity index (χ3n) is 2.43. The average molecular weight is 226 g/mol. The number of hydrogen-bond acceptors (Lipinski definition) is 1. The molecule has 17 heavy (non-hydrogen) atoms. The van der Waals surface area contributed by atoms with E-state index in [4.69, 9.17) is 0 Å². The number of rotatable bonds is 1. The molecule has 0 spiro atoms. The van der Waals surface area contributed by atoms with Crippen molar-refractivity contribution in [2.75, 3.05) is 0 Å². The topological polar surface area (TPSA) is 17.1 Å². The lowest BCUT2D eigenvalue weighted by molar-refractivity contribution is 0.112. The smallest absolute Gasteiger partial charge is 0.150 e. The number of aldehydes is 1. The van der Waals surface area contributed by atoms with Gasteiger partial charge in [0.15, 0.2) is 0 Å². The fourth-order valence-corrected chi connectivity index (χ4v) is 1.28. The highest BCUT2D eigenvalue weighted by Crippen LogP contribution is 1.99. The minimum atomic E-state index is 0.737. The van der Waals surface area contributed by atoms with Gasteiger partial charge < -0.3 is 0 Å². The van der Waals surface area contributed by atoms with Crippen LogP contribution in [0.3, 0.4) is 0 Å². The molecule has 0 saturated heterocycles. The minimum Gasteiger partial charge on any atom is -0.298 e. The predicted molar refractivity (Wildman–Crippen MR) is 72.5 cm³/mol. The van der Waals surface area contributed by atoms with Crippen molar-refractivity contribution in [3.05, 3.63) is 70.8 Å². The second kappa shape index (κ2) is 6.64. The number of aryl methyl sites for hydroxylation is 3. The Hall–Kier alpha value is -1.89. The van der Waals surface area contributed by atoms with Gasteiger partial charge in [-0.05, 0) is 20.8 Å². The van der Waals surface area contributed by atoms with Crippen molar-refractivity contribution in [3.8, 4) is 0 Å². The summed E-state index contributed by atoms with van der Waals surface area (Å²) in [4.78, 5) is 10.1. The molecule has 2 aromatic rings. The van der Waals surface area contributed by atoms with Gasteiger partial charge in [0, 0.05) is 5.56 Å². The summed E-state index contributed by atoms with van der Waals surface area (Å²) >= 11 is 0. The predicted octanol–water partition coefficient (Wildman–Crippen LogP) is 4.11. The first-order valence-corrected chi connectivity index (χ1v) is 5.67. The number of carbonyl (C=O) groups is 1. The van der Waals surface area contributed by atoms with Crippen LogP contribution >= 0.6 is 0 Å². The van der Waals surface area contributed by atoms with Crippen molar-refractivity contribution in [2.45, 2.75) is 20.8 Å². The Morgan fingerprint density at radius 1 is 0.647 bits per heavy atom. The maximum absolute atomic E-state index is 10.1. The van der Waals surface area contributed by atoms with Crippen LogP contribution in [0.4, 0.5) is 0 Å². The standard InChI is InChI=1S/C8H8O.C8H10/c1-7-2-4-8(6-9)5-3-7;1-7-3-5-8(2)6-4-7/h2-6H,1H3;3-6H,1-2H3. The molecule has 1 nitrogen and oxygen atoms in total. The maximum Gasteiger partial charge on any atom is 0.150 e. The normalized spacial score (nSPS) is 9.12. The number of hydrogen-bond donors (Lipinski definition) is 0. The number of carbonyl (C=O) groups excluding carboxylic acids is 1. The molecular weight excluding hydrogens is 208 g/mol. The van der Waals surface area contributed by atoms with E-state index in [0.29, 0.717) is 0 Å². The molecule has 0 atom stereocenters.